The molecule has 0 radical (unpaired) electrons. The Morgan fingerprint density at radius 3 is 2.21 bits per heavy atom. The first-order valence-corrected chi connectivity index (χ1v) is 9.10. The first-order valence-electron chi connectivity index (χ1n) is 5.30. The van der Waals surface area contributed by atoms with Crippen LogP contribution in [0.3, 0.4) is 0 Å². The van der Waals surface area contributed by atoms with Crippen molar-refractivity contribution in [1.82, 2.24) is 0 Å². The normalized spacial score (nSPS) is 12.9. The molecule has 0 spiro atoms. The first kappa shape index (κ1) is 14.3. The quantitative estimate of drug-likeness (QED) is 0.468. The highest BCUT2D eigenvalue weighted by Gasteiger charge is 2.32. The van der Waals surface area contributed by atoms with Gasteiger partial charge in [-0.25, -0.2) is 0 Å². The van der Waals surface area contributed by atoms with Crippen LogP contribution in [-0.4, -0.2) is 38.3 Å². The summed E-state index contributed by atoms with van der Waals surface area (Å²) in [6, 6.07) is 1.11. The van der Waals surface area contributed by atoms with Crippen LogP contribution in [0.2, 0.25) is 12.6 Å². The van der Waals surface area contributed by atoms with Crippen molar-refractivity contribution in [3.05, 3.63) is 0 Å². The molecule has 0 aromatic carbocycles. The number of nitrogens with two attached hydrogens (primary N) is 1. The highest BCUT2D eigenvalue weighted by molar-refractivity contribution is 6.64. The molecular weight excluding hydrogens is 214 g/mol. The van der Waals surface area contributed by atoms with Gasteiger partial charge in [0.15, 0.2) is 9.76 Å². The molecule has 0 heterocycles. The van der Waals surface area contributed by atoms with Crippen molar-refractivity contribution in [3.8, 4) is 0 Å². The molecule has 0 aromatic rings. The molecule has 0 saturated heterocycles. The second-order valence-corrected chi connectivity index (χ2v) is 7.64. The molecule has 6 heteroatoms. The van der Waals surface area contributed by atoms with E-state index >= 15 is 0 Å². The fourth-order valence-corrected chi connectivity index (χ4v) is 5.51. The summed E-state index contributed by atoms with van der Waals surface area (Å²) in [7, 11) is -2.79. The lowest BCUT2D eigenvalue weighted by Gasteiger charge is -2.25. The monoisotopic (exact) mass is 237 g/mol. The molecule has 0 amide bonds. The van der Waals surface area contributed by atoms with E-state index in [0.29, 0.717) is 13.2 Å². The lowest BCUT2D eigenvalue weighted by atomic mass is 10.5. The molecule has 0 fully saturated rings. The van der Waals surface area contributed by atoms with Gasteiger partial charge in [-0.05, 0) is 32.9 Å². The summed E-state index contributed by atoms with van der Waals surface area (Å²) in [5.74, 6) is 0. The zero-order valence-electron chi connectivity index (χ0n) is 9.54. The SMILES string of the molecule is CCO[Si](C)(OCC)O[SiH2]CCCN. The van der Waals surface area contributed by atoms with Crippen LogP contribution in [0.1, 0.15) is 20.3 Å². The van der Waals surface area contributed by atoms with E-state index in [4.69, 9.17) is 18.7 Å². The molecular formula is C8H23NO3Si2. The van der Waals surface area contributed by atoms with Gasteiger partial charge in [-0.2, -0.15) is 0 Å². The Bertz CT molecular complexity index is 132. The first-order chi connectivity index (χ1) is 6.68. The maximum Gasteiger partial charge on any atom is 0.486 e. The van der Waals surface area contributed by atoms with Gasteiger partial charge in [0.25, 0.3) is 0 Å². The van der Waals surface area contributed by atoms with E-state index in [1.165, 1.54) is 0 Å². The van der Waals surface area contributed by atoms with Crippen LogP contribution < -0.4 is 5.73 Å². The predicted molar refractivity (Wildman–Crippen MR) is 63.0 cm³/mol. The minimum Gasteiger partial charge on any atom is -0.421 e. The van der Waals surface area contributed by atoms with Gasteiger partial charge in [0.2, 0.25) is 0 Å². The smallest absolute Gasteiger partial charge is 0.421 e. The Kier molecular flexibility index (Phi) is 8.74. The molecule has 0 aromatic heterocycles. The molecule has 0 aliphatic rings. The maximum absolute atomic E-state index is 5.79. The van der Waals surface area contributed by atoms with Crippen LogP contribution in [0, 0.1) is 0 Å². The van der Waals surface area contributed by atoms with Crippen molar-refractivity contribution >= 4 is 18.6 Å². The molecule has 4 nitrogen and oxygen atoms in total. The lowest BCUT2D eigenvalue weighted by Crippen LogP contribution is -2.43. The molecule has 14 heavy (non-hydrogen) atoms. The molecule has 0 saturated carbocycles. The second-order valence-electron chi connectivity index (χ2n) is 3.07. The Morgan fingerprint density at radius 1 is 1.21 bits per heavy atom. The summed E-state index contributed by atoms with van der Waals surface area (Å²) >= 11 is 0. The topological polar surface area (TPSA) is 53.7 Å². The summed E-state index contributed by atoms with van der Waals surface area (Å²) in [6.07, 6.45) is 1.05. The third-order valence-corrected chi connectivity index (χ3v) is 7.10. The van der Waals surface area contributed by atoms with Crippen LogP contribution in [-0.2, 0) is 13.0 Å². The van der Waals surface area contributed by atoms with Gasteiger partial charge in [-0.15, -0.1) is 0 Å². The minimum absolute atomic E-state index is 0.513. The molecule has 2 N–H and O–H groups in total. The Balaban J connectivity index is 3.71. The summed E-state index contributed by atoms with van der Waals surface area (Å²) in [5, 5.41) is 0. The van der Waals surface area contributed by atoms with E-state index in [9.17, 15) is 0 Å². The molecule has 0 rings (SSSR count). The fourth-order valence-electron chi connectivity index (χ4n) is 1.15. The van der Waals surface area contributed by atoms with Gasteiger partial charge >= 0.3 is 8.80 Å². The molecule has 0 aliphatic carbocycles. The van der Waals surface area contributed by atoms with Crippen molar-refractivity contribution in [2.75, 3.05) is 19.8 Å². The Hall–Kier alpha value is 0.274. The molecule has 0 aliphatic heterocycles. The van der Waals surface area contributed by atoms with Gasteiger partial charge in [0.1, 0.15) is 0 Å². The highest BCUT2D eigenvalue weighted by Crippen LogP contribution is 2.09. The average Bonchev–Trinajstić information content (AvgIpc) is 2.13. The minimum atomic E-state index is -2.28. The van der Waals surface area contributed by atoms with Crippen LogP contribution >= 0.6 is 0 Å². The fraction of sp³-hybridized carbons (Fsp3) is 1.00. The third kappa shape index (κ3) is 6.69. The van der Waals surface area contributed by atoms with Crippen molar-refractivity contribution in [3.63, 3.8) is 0 Å². The van der Waals surface area contributed by atoms with Crippen molar-refractivity contribution in [1.29, 1.82) is 0 Å². The zero-order chi connectivity index (χ0) is 10.9. The van der Waals surface area contributed by atoms with Crippen molar-refractivity contribution < 1.29 is 13.0 Å². The predicted octanol–water partition coefficient (Wildman–Crippen LogP) is 0.496. The van der Waals surface area contributed by atoms with Crippen LogP contribution in [0.25, 0.3) is 0 Å². The van der Waals surface area contributed by atoms with Gasteiger partial charge in [-0.3, -0.25) is 0 Å². The Morgan fingerprint density at radius 2 is 1.79 bits per heavy atom. The maximum atomic E-state index is 5.79. The van der Waals surface area contributed by atoms with Gasteiger partial charge in [0, 0.05) is 19.8 Å². The van der Waals surface area contributed by atoms with E-state index in [0.717, 1.165) is 19.0 Å². The molecule has 0 unspecified atom stereocenters. The standard InChI is InChI=1S/C8H23NO3Si2/c1-4-10-14(3,11-5-2)12-13-8-6-7-9/h4-9,13H2,1-3H3. The van der Waals surface area contributed by atoms with E-state index < -0.39 is 18.6 Å². The highest BCUT2D eigenvalue weighted by atomic mass is 28.4. The molecule has 0 atom stereocenters. The number of hydrogen-bond donors (Lipinski definition) is 1. The summed E-state index contributed by atoms with van der Waals surface area (Å²) in [6.45, 7) is 7.97. The summed E-state index contributed by atoms with van der Waals surface area (Å²) in [4.78, 5) is 0. The van der Waals surface area contributed by atoms with E-state index in [2.05, 4.69) is 0 Å². The second kappa shape index (κ2) is 8.57. The average molecular weight is 237 g/mol. The summed E-state index contributed by atoms with van der Waals surface area (Å²) in [5.41, 5.74) is 5.41. The van der Waals surface area contributed by atoms with Crippen LogP contribution in [0.5, 0.6) is 0 Å². The van der Waals surface area contributed by atoms with Crippen LogP contribution in [0.4, 0.5) is 0 Å². The zero-order valence-corrected chi connectivity index (χ0v) is 12.0. The number of hydrogen-bond acceptors (Lipinski definition) is 4. The van der Waals surface area contributed by atoms with E-state index in [-0.39, 0.29) is 0 Å². The van der Waals surface area contributed by atoms with Crippen molar-refractivity contribution in [2.45, 2.75) is 32.9 Å². The van der Waals surface area contributed by atoms with E-state index in [1.807, 2.05) is 20.4 Å². The molecule has 0 bridgehead atoms. The Labute approximate surface area is 90.4 Å². The van der Waals surface area contributed by atoms with Crippen molar-refractivity contribution in [2.24, 2.45) is 5.73 Å². The van der Waals surface area contributed by atoms with Gasteiger partial charge in [-0.1, -0.05) is 0 Å². The third-order valence-electron chi connectivity index (χ3n) is 1.78. The lowest BCUT2D eigenvalue weighted by molar-refractivity contribution is 0.126. The van der Waals surface area contributed by atoms with Gasteiger partial charge < -0.3 is 18.7 Å². The van der Waals surface area contributed by atoms with Crippen LogP contribution in [0.15, 0.2) is 0 Å². The van der Waals surface area contributed by atoms with E-state index in [1.54, 1.807) is 0 Å². The summed E-state index contributed by atoms with van der Waals surface area (Å²) < 4.78 is 16.9. The molecule has 86 valence electrons. The largest absolute Gasteiger partial charge is 0.486 e. The van der Waals surface area contributed by atoms with Gasteiger partial charge in [0.05, 0.1) is 0 Å². The number of rotatable bonds is 9.